The summed E-state index contributed by atoms with van der Waals surface area (Å²) in [6.45, 7) is 10.6. The lowest BCUT2D eigenvalue weighted by Crippen LogP contribution is -2.51. The van der Waals surface area contributed by atoms with Crippen molar-refractivity contribution in [3.63, 3.8) is 0 Å². The van der Waals surface area contributed by atoms with Gasteiger partial charge >= 0.3 is 0 Å². The molecule has 1 rings (SSSR count). The van der Waals surface area contributed by atoms with Gasteiger partial charge in [-0.25, -0.2) is 0 Å². The van der Waals surface area contributed by atoms with Crippen molar-refractivity contribution in [2.24, 2.45) is 0 Å². The van der Waals surface area contributed by atoms with Gasteiger partial charge in [-0.1, -0.05) is 0 Å². The van der Waals surface area contributed by atoms with E-state index < -0.39 is 11.6 Å². The summed E-state index contributed by atoms with van der Waals surface area (Å²) in [5.41, 5.74) is 0. The first-order valence-corrected chi connectivity index (χ1v) is 7.21. The maximum absolute atomic E-state index is 5.88. The van der Waals surface area contributed by atoms with Crippen molar-refractivity contribution in [2.45, 2.75) is 65.0 Å². The van der Waals surface area contributed by atoms with E-state index in [0.29, 0.717) is 32.8 Å². The minimum Gasteiger partial charge on any atom is -0.350 e. The second kappa shape index (κ2) is 7.43. The van der Waals surface area contributed by atoms with Crippen molar-refractivity contribution >= 4 is 0 Å². The van der Waals surface area contributed by atoms with Crippen molar-refractivity contribution < 1.29 is 18.9 Å². The molecule has 0 aromatic carbocycles. The van der Waals surface area contributed by atoms with Gasteiger partial charge < -0.3 is 18.9 Å². The van der Waals surface area contributed by atoms with Crippen LogP contribution in [0.25, 0.3) is 0 Å². The first kappa shape index (κ1) is 15.9. The van der Waals surface area contributed by atoms with E-state index in [0.717, 1.165) is 19.3 Å². The Labute approximate surface area is 111 Å². The molecule has 4 heteroatoms. The lowest BCUT2D eigenvalue weighted by molar-refractivity contribution is -0.334. The molecule has 0 N–H and O–H groups in total. The van der Waals surface area contributed by atoms with E-state index in [1.54, 1.807) is 0 Å². The third kappa shape index (κ3) is 3.92. The van der Waals surface area contributed by atoms with Crippen molar-refractivity contribution in [1.29, 1.82) is 0 Å². The Balaban J connectivity index is 2.81. The maximum Gasteiger partial charge on any atom is 0.173 e. The Morgan fingerprint density at radius 3 is 1.28 bits per heavy atom. The fourth-order valence-electron chi connectivity index (χ4n) is 2.84. The highest BCUT2D eigenvalue weighted by molar-refractivity contribution is 4.87. The van der Waals surface area contributed by atoms with Crippen molar-refractivity contribution in [1.82, 2.24) is 0 Å². The molecule has 4 nitrogen and oxygen atoms in total. The standard InChI is InChI=1S/C14H28O4/c1-5-15-13(16-6-2)10-9-11-14(12-13,17-7-3)18-8-4/h5-12H2,1-4H3. The Morgan fingerprint density at radius 1 is 0.667 bits per heavy atom. The van der Waals surface area contributed by atoms with Crippen LogP contribution in [0.15, 0.2) is 0 Å². The van der Waals surface area contributed by atoms with Gasteiger partial charge in [0.1, 0.15) is 0 Å². The summed E-state index contributed by atoms with van der Waals surface area (Å²) < 4.78 is 23.5. The monoisotopic (exact) mass is 260 g/mol. The molecule has 1 aliphatic carbocycles. The lowest BCUT2D eigenvalue weighted by atomic mass is 9.88. The third-order valence-electron chi connectivity index (χ3n) is 3.28. The predicted octanol–water partition coefficient (Wildman–Crippen LogP) is 3.10. The minimum absolute atomic E-state index is 0.536. The zero-order valence-corrected chi connectivity index (χ0v) is 12.3. The second-order valence-corrected chi connectivity index (χ2v) is 4.58. The summed E-state index contributed by atoms with van der Waals surface area (Å²) >= 11 is 0. The number of hydrogen-bond acceptors (Lipinski definition) is 4. The molecule has 1 fully saturated rings. The van der Waals surface area contributed by atoms with Crippen LogP contribution in [0, 0.1) is 0 Å². The molecule has 1 aliphatic rings. The van der Waals surface area contributed by atoms with E-state index in [2.05, 4.69) is 0 Å². The fraction of sp³-hybridized carbons (Fsp3) is 1.00. The van der Waals surface area contributed by atoms with E-state index >= 15 is 0 Å². The normalized spacial score (nSPS) is 22.0. The largest absolute Gasteiger partial charge is 0.350 e. The summed E-state index contributed by atoms with van der Waals surface area (Å²) in [6.07, 6.45) is 3.48. The van der Waals surface area contributed by atoms with Crippen LogP contribution >= 0.6 is 0 Å². The van der Waals surface area contributed by atoms with Gasteiger partial charge in [0, 0.05) is 39.3 Å². The molecule has 1 saturated carbocycles. The summed E-state index contributed by atoms with van der Waals surface area (Å²) in [6, 6.07) is 0. The van der Waals surface area contributed by atoms with Crippen LogP contribution in [0.1, 0.15) is 53.4 Å². The van der Waals surface area contributed by atoms with Gasteiger partial charge in [0.05, 0.1) is 6.42 Å². The van der Waals surface area contributed by atoms with Gasteiger partial charge in [-0.15, -0.1) is 0 Å². The zero-order valence-electron chi connectivity index (χ0n) is 12.3. The lowest BCUT2D eigenvalue weighted by Gasteiger charge is -2.46. The average Bonchev–Trinajstić information content (AvgIpc) is 2.30. The highest BCUT2D eigenvalue weighted by atomic mass is 16.7. The van der Waals surface area contributed by atoms with Gasteiger partial charge in [-0.05, 0) is 34.1 Å². The second-order valence-electron chi connectivity index (χ2n) is 4.58. The van der Waals surface area contributed by atoms with E-state index in [-0.39, 0.29) is 0 Å². The van der Waals surface area contributed by atoms with Crippen LogP contribution in [0.2, 0.25) is 0 Å². The smallest absolute Gasteiger partial charge is 0.173 e. The van der Waals surface area contributed by atoms with Crippen LogP contribution in [0.5, 0.6) is 0 Å². The van der Waals surface area contributed by atoms with Gasteiger partial charge in [-0.3, -0.25) is 0 Å². The molecule has 0 unspecified atom stereocenters. The highest BCUT2D eigenvalue weighted by Gasteiger charge is 2.47. The summed E-state index contributed by atoms with van der Waals surface area (Å²) in [4.78, 5) is 0. The maximum atomic E-state index is 5.88. The van der Waals surface area contributed by atoms with Gasteiger partial charge in [0.2, 0.25) is 0 Å². The molecular weight excluding hydrogens is 232 g/mol. The molecule has 0 aromatic rings. The SMILES string of the molecule is CCOC1(OCC)CCCC(OCC)(OCC)C1. The topological polar surface area (TPSA) is 36.9 Å². The molecule has 0 heterocycles. The Morgan fingerprint density at radius 2 is 1.00 bits per heavy atom. The minimum atomic E-state index is -0.536. The Kier molecular flexibility index (Phi) is 6.57. The molecule has 0 atom stereocenters. The van der Waals surface area contributed by atoms with E-state index in [4.69, 9.17) is 18.9 Å². The number of rotatable bonds is 8. The molecule has 0 aromatic heterocycles. The van der Waals surface area contributed by atoms with Crippen molar-refractivity contribution in [3.05, 3.63) is 0 Å². The average molecular weight is 260 g/mol. The van der Waals surface area contributed by atoms with E-state index in [9.17, 15) is 0 Å². The third-order valence-corrected chi connectivity index (χ3v) is 3.28. The number of hydrogen-bond donors (Lipinski definition) is 0. The zero-order chi connectivity index (χ0) is 13.5. The molecule has 18 heavy (non-hydrogen) atoms. The van der Waals surface area contributed by atoms with Crippen LogP contribution < -0.4 is 0 Å². The van der Waals surface area contributed by atoms with Crippen LogP contribution in [0.4, 0.5) is 0 Å². The molecule has 0 saturated heterocycles. The molecule has 0 bridgehead atoms. The van der Waals surface area contributed by atoms with E-state index in [1.807, 2.05) is 27.7 Å². The van der Waals surface area contributed by atoms with Crippen LogP contribution in [-0.4, -0.2) is 38.0 Å². The van der Waals surface area contributed by atoms with Crippen molar-refractivity contribution in [3.8, 4) is 0 Å². The predicted molar refractivity (Wildman–Crippen MR) is 70.4 cm³/mol. The first-order chi connectivity index (χ1) is 8.66. The number of ether oxygens (including phenoxy) is 4. The Bertz CT molecular complexity index is 185. The van der Waals surface area contributed by atoms with Gasteiger partial charge in [-0.2, -0.15) is 0 Å². The van der Waals surface area contributed by atoms with E-state index in [1.165, 1.54) is 0 Å². The quantitative estimate of drug-likeness (QED) is 0.628. The molecule has 0 amide bonds. The van der Waals surface area contributed by atoms with Crippen LogP contribution in [0.3, 0.4) is 0 Å². The Hall–Kier alpha value is -0.160. The highest BCUT2D eigenvalue weighted by Crippen LogP contribution is 2.41. The first-order valence-electron chi connectivity index (χ1n) is 7.21. The molecule has 108 valence electrons. The molecule has 0 spiro atoms. The molecular formula is C14H28O4. The van der Waals surface area contributed by atoms with Gasteiger partial charge in [0.15, 0.2) is 11.6 Å². The molecule has 0 radical (unpaired) electrons. The van der Waals surface area contributed by atoms with Gasteiger partial charge in [0.25, 0.3) is 0 Å². The summed E-state index contributed by atoms with van der Waals surface area (Å²) in [5.74, 6) is -1.07. The van der Waals surface area contributed by atoms with Crippen LogP contribution in [-0.2, 0) is 18.9 Å². The van der Waals surface area contributed by atoms with Crippen molar-refractivity contribution in [2.75, 3.05) is 26.4 Å². The summed E-state index contributed by atoms with van der Waals surface area (Å²) in [7, 11) is 0. The molecule has 0 aliphatic heterocycles. The fourth-order valence-corrected chi connectivity index (χ4v) is 2.84. The summed E-state index contributed by atoms with van der Waals surface area (Å²) in [5, 5.41) is 0.